The number of nitrogens with zero attached hydrogens (tertiary/aromatic N) is 2. The molecule has 0 spiro atoms. The molecule has 3 rings (SSSR count). The van der Waals surface area contributed by atoms with Crippen LogP contribution < -0.4 is 10.6 Å². The SMILES string of the molecule is Cl.Cl.Cl.O=C(NCCCCN1CCN(Cc2ccccc2)CC1)C1CC(O)CN1. The number of benzene rings is 1. The number of hydrogen-bond donors (Lipinski definition) is 3. The minimum absolute atomic E-state index is 0. The minimum Gasteiger partial charge on any atom is -0.392 e. The van der Waals surface area contributed by atoms with Gasteiger partial charge in [-0.3, -0.25) is 9.69 Å². The van der Waals surface area contributed by atoms with Gasteiger partial charge in [0.15, 0.2) is 0 Å². The first-order valence-electron chi connectivity index (χ1n) is 9.88. The number of unbranched alkanes of at least 4 members (excludes halogenated alkanes) is 1. The number of rotatable bonds is 8. The Morgan fingerprint density at radius 1 is 1.03 bits per heavy atom. The van der Waals surface area contributed by atoms with E-state index >= 15 is 0 Å². The molecule has 2 aliphatic heterocycles. The third-order valence-corrected chi connectivity index (χ3v) is 5.34. The highest BCUT2D eigenvalue weighted by Gasteiger charge is 2.27. The average molecular weight is 470 g/mol. The van der Waals surface area contributed by atoms with Crippen LogP contribution in [0.5, 0.6) is 0 Å². The topological polar surface area (TPSA) is 67.8 Å². The van der Waals surface area contributed by atoms with Gasteiger partial charge in [0.05, 0.1) is 12.1 Å². The Bertz CT molecular complexity index is 560. The van der Waals surface area contributed by atoms with Gasteiger partial charge in [0, 0.05) is 45.8 Å². The lowest BCUT2D eigenvalue weighted by molar-refractivity contribution is -0.122. The molecule has 0 saturated carbocycles. The van der Waals surface area contributed by atoms with Gasteiger partial charge in [-0.05, 0) is 31.4 Å². The van der Waals surface area contributed by atoms with Crippen molar-refractivity contribution in [3.63, 3.8) is 0 Å². The zero-order valence-electron chi connectivity index (χ0n) is 16.8. The maximum atomic E-state index is 11.9. The zero-order chi connectivity index (χ0) is 18.2. The molecule has 2 saturated heterocycles. The summed E-state index contributed by atoms with van der Waals surface area (Å²) in [6.45, 7) is 7.91. The van der Waals surface area contributed by atoms with Crippen LogP contribution in [-0.2, 0) is 11.3 Å². The first kappa shape index (κ1) is 28.4. The Morgan fingerprint density at radius 2 is 1.69 bits per heavy atom. The molecule has 9 heteroatoms. The first-order chi connectivity index (χ1) is 12.7. The van der Waals surface area contributed by atoms with E-state index in [1.807, 2.05) is 0 Å². The molecule has 0 aromatic heterocycles. The predicted molar refractivity (Wildman–Crippen MR) is 125 cm³/mol. The highest BCUT2D eigenvalue weighted by atomic mass is 35.5. The zero-order valence-corrected chi connectivity index (χ0v) is 19.2. The van der Waals surface area contributed by atoms with Gasteiger partial charge in [0.25, 0.3) is 0 Å². The van der Waals surface area contributed by atoms with Gasteiger partial charge in [-0.1, -0.05) is 30.3 Å². The van der Waals surface area contributed by atoms with E-state index in [0.717, 1.165) is 58.7 Å². The maximum absolute atomic E-state index is 11.9. The maximum Gasteiger partial charge on any atom is 0.237 e. The van der Waals surface area contributed by atoms with Crippen LogP contribution in [0.25, 0.3) is 0 Å². The second-order valence-corrected chi connectivity index (χ2v) is 7.45. The van der Waals surface area contributed by atoms with E-state index in [9.17, 15) is 9.90 Å². The van der Waals surface area contributed by atoms with E-state index in [2.05, 4.69) is 50.8 Å². The summed E-state index contributed by atoms with van der Waals surface area (Å²) in [5.41, 5.74) is 1.39. The number of halogens is 3. The second kappa shape index (κ2) is 15.2. The Morgan fingerprint density at radius 3 is 2.31 bits per heavy atom. The lowest BCUT2D eigenvalue weighted by atomic mass is 10.2. The van der Waals surface area contributed by atoms with Crippen molar-refractivity contribution in [2.75, 3.05) is 45.8 Å². The summed E-state index contributed by atoms with van der Waals surface area (Å²) in [6, 6.07) is 10.5. The van der Waals surface area contributed by atoms with Crippen molar-refractivity contribution in [1.29, 1.82) is 0 Å². The monoisotopic (exact) mass is 468 g/mol. The molecule has 6 nitrogen and oxygen atoms in total. The predicted octanol–water partition coefficient (Wildman–Crippen LogP) is 1.69. The molecule has 2 fully saturated rings. The molecule has 1 aromatic carbocycles. The summed E-state index contributed by atoms with van der Waals surface area (Å²) in [5, 5.41) is 15.5. The first-order valence-corrected chi connectivity index (χ1v) is 9.88. The molecule has 2 aliphatic rings. The smallest absolute Gasteiger partial charge is 0.237 e. The molecular weight excluding hydrogens is 435 g/mol. The van der Waals surface area contributed by atoms with E-state index in [1.54, 1.807) is 0 Å². The fraction of sp³-hybridized carbons (Fsp3) is 0.650. The Balaban J connectivity index is 0.00000261. The van der Waals surface area contributed by atoms with Crippen LogP contribution in [0.1, 0.15) is 24.8 Å². The van der Waals surface area contributed by atoms with Gasteiger partial charge in [-0.25, -0.2) is 0 Å². The van der Waals surface area contributed by atoms with Crippen LogP contribution in [0.3, 0.4) is 0 Å². The lowest BCUT2D eigenvalue weighted by Crippen LogP contribution is -2.46. The van der Waals surface area contributed by atoms with Crippen LogP contribution in [0.15, 0.2) is 30.3 Å². The number of nitrogens with one attached hydrogen (secondary N) is 2. The van der Waals surface area contributed by atoms with E-state index in [4.69, 9.17) is 0 Å². The van der Waals surface area contributed by atoms with Crippen molar-refractivity contribution in [2.45, 2.75) is 38.0 Å². The van der Waals surface area contributed by atoms with Gasteiger partial charge in [-0.15, -0.1) is 37.2 Å². The molecular formula is C20H35Cl3N4O2. The molecule has 1 amide bonds. The third kappa shape index (κ3) is 9.83. The van der Waals surface area contributed by atoms with E-state index in [1.165, 1.54) is 5.56 Å². The highest BCUT2D eigenvalue weighted by Crippen LogP contribution is 2.09. The number of β-amino-alcohol motifs (C(OH)–C–C–N with tert-alkyl or cyclic N) is 1. The molecule has 29 heavy (non-hydrogen) atoms. The Hall–Kier alpha value is -0.600. The van der Waals surface area contributed by atoms with Crippen LogP contribution in [0.4, 0.5) is 0 Å². The standard InChI is InChI=1S/C20H32N4O2.3ClH/c25-18-14-19(22-15-18)20(26)21-8-4-5-9-23-10-12-24(13-11-23)16-17-6-2-1-3-7-17;;;/h1-3,6-7,18-19,22,25H,4-5,8-16H2,(H,21,26);3*1H. The van der Waals surface area contributed by atoms with Gasteiger partial charge < -0.3 is 20.6 Å². The van der Waals surface area contributed by atoms with Crippen molar-refractivity contribution in [3.8, 4) is 0 Å². The summed E-state index contributed by atoms with van der Waals surface area (Å²) in [4.78, 5) is 17.0. The molecule has 2 unspecified atom stereocenters. The number of carbonyl (C=O) groups is 1. The van der Waals surface area contributed by atoms with Gasteiger partial charge >= 0.3 is 0 Å². The summed E-state index contributed by atoms with van der Waals surface area (Å²) in [7, 11) is 0. The summed E-state index contributed by atoms with van der Waals surface area (Å²) in [6.07, 6.45) is 2.26. The number of aliphatic hydroxyl groups excluding tert-OH is 1. The molecule has 3 N–H and O–H groups in total. The molecule has 168 valence electrons. The van der Waals surface area contributed by atoms with Crippen LogP contribution >= 0.6 is 37.2 Å². The molecule has 2 atom stereocenters. The molecule has 1 aromatic rings. The van der Waals surface area contributed by atoms with Crippen molar-refractivity contribution in [1.82, 2.24) is 20.4 Å². The van der Waals surface area contributed by atoms with Crippen LogP contribution in [0.2, 0.25) is 0 Å². The summed E-state index contributed by atoms with van der Waals surface area (Å²) >= 11 is 0. The number of hydrogen-bond acceptors (Lipinski definition) is 5. The molecule has 0 aliphatic carbocycles. The van der Waals surface area contributed by atoms with Crippen molar-refractivity contribution in [3.05, 3.63) is 35.9 Å². The largest absolute Gasteiger partial charge is 0.392 e. The quantitative estimate of drug-likeness (QED) is 0.506. The van der Waals surface area contributed by atoms with Gasteiger partial charge in [-0.2, -0.15) is 0 Å². The van der Waals surface area contributed by atoms with Crippen molar-refractivity contribution in [2.24, 2.45) is 0 Å². The van der Waals surface area contributed by atoms with Crippen LogP contribution in [-0.4, -0.2) is 78.8 Å². The highest BCUT2D eigenvalue weighted by molar-refractivity contribution is 5.86. The number of aliphatic hydroxyl groups is 1. The Labute approximate surface area is 193 Å². The van der Waals surface area contributed by atoms with Crippen LogP contribution in [0, 0.1) is 0 Å². The van der Waals surface area contributed by atoms with Gasteiger partial charge in [0.1, 0.15) is 0 Å². The van der Waals surface area contributed by atoms with E-state index in [-0.39, 0.29) is 55.3 Å². The Kier molecular flexibility index (Phi) is 14.9. The third-order valence-electron chi connectivity index (χ3n) is 5.34. The van der Waals surface area contributed by atoms with E-state index < -0.39 is 0 Å². The average Bonchev–Trinajstić information content (AvgIpc) is 3.10. The summed E-state index contributed by atoms with van der Waals surface area (Å²) in [5.74, 6) is 0.0241. The van der Waals surface area contributed by atoms with Crippen molar-refractivity contribution < 1.29 is 9.90 Å². The molecule has 0 bridgehead atoms. The molecule has 0 radical (unpaired) electrons. The second-order valence-electron chi connectivity index (χ2n) is 7.45. The summed E-state index contributed by atoms with van der Waals surface area (Å²) < 4.78 is 0. The fourth-order valence-electron chi connectivity index (χ4n) is 3.72. The normalized spacial score (nSPS) is 22.1. The number of amides is 1. The minimum atomic E-state index is -0.383. The fourth-order valence-corrected chi connectivity index (χ4v) is 3.72. The van der Waals surface area contributed by atoms with E-state index in [0.29, 0.717) is 13.0 Å². The molecule has 2 heterocycles. The van der Waals surface area contributed by atoms with Crippen molar-refractivity contribution >= 4 is 43.1 Å². The lowest BCUT2D eigenvalue weighted by Gasteiger charge is -2.34. The van der Waals surface area contributed by atoms with Gasteiger partial charge in [0.2, 0.25) is 5.91 Å². The number of carbonyl (C=O) groups excluding carboxylic acids is 1. The number of piperazine rings is 1.